The highest BCUT2D eigenvalue weighted by Gasteiger charge is 2.41. The van der Waals surface area contributed by atoms with Crippen LogP contribution in [0.15, 0.2) is 17.5 Å². The Morgan fingerprint density at radius 3 is 2.50 bits per heavy atom. The van der Waals surface area contributed by atoms with E-state index in [-0.39, 0.29) is 0 Å². The van der Waals surface area contributed by atoms with Crippen LogP contribution in [0.3, 0.4) is 0 Å². The number of hydrogen-bond acceptors (Lipinski definition) is 5. The number of rotatable bonds is 4. The zero-order valence-electron chi connectivity index (χ0n) is 11.2. The lowest BCUT2D eigenvalue weighted by Crippen LogP contribution is -2.57. The molecule has 0 aliphatic carbocycles. The molecule has 0 radical (unpaired) electrons. The zero-order chi connectivity index (χ0) is 14.7. The van der Waals surface area contributed by atoms with Crippen LogP contribution in [-0.2, 0) is 16.0 Å². The predicted octanol–water partition coefficient (Wildman–Crippen LogP) is -0.310. The topological polar surface area (TPSA) is 98.7 Å². The van der Waals surface area contributed by atoms with Crippen molar-refractivity contribution in [3.63, 3.8) is 0 Å². The van der Waals surface area contributed by atoms with Crippen LogP contribution in [0.2, 0.25) is 0 Å². The second-order valence-electron chi connectivity index (χ2n) is 4.44. The van der Waals surface area contributed by atoms with Gasteiger partial charge in [-0.3, -0.25) is 24.4 Å². The van der Waals surface area contributed by atoms with Crippen molar-refractivity contribution in [3.8, 4) is 0 Å². The summed E-state index contributed by atoms with van der Waals surface area (Å²) in [7, 11) is 2.69. The first-order valence-corrected chi connectivity index (χ1v) is 6.08. The number of urea groups is 1. The minimum atomic E-state index is -1.02. The number of nitrogens with one attached hydrogen (secondary N) is 1. The van der Waals surface area contributed by atoms with E-state index in [1.807, 2.05) is 0 Å². The van der Waals surface area contributed by atoms with E-state index in [2.05, 4.69) is 15.0 Å². The van der Waals surface area contributed by atoms with Gasteiger partial charge < -0.3 is 4.98 Å². The smallest absolute Gasteiger partial charge is 0.332 e. The fourth-order valence-corrected chi connectivity index (χ4v) is 1.85. The molecule has 8 nitrogen and oxygen atoms in total. The molecule has 1 fully saturated rings. The van der Waals surface area contributed by atoms with Crippen molar-refractivity contribution in [2.45, 2.75) is 6.42 Å². The van der Waals surface area contributed by atoms with Gasteiger partial charge in [0.25, 0.3) is 0 Å². The number of carbonyl (C=O) groups excluding carboxylic acids is 3. The average Bonchev–Trinajstić information content (AvgIpc) is 2.95. The van der Waals surface area contributed by atoms with E-state index >= 15 is 0 Å². The highest BCUT2D eigenvalue weighted by Crippen LogP contribution is 2.13. The Morgan fingerprint density at radius 1 is 1.30 bits per heavy atom. The number of imide groups is 2. The first-order chi connectivity index (χ1) is 9.52. The van der Waals surface area contributed by atoms with Gasteiger partial charge in [-0.05, 0) is 0 Å². The van der Waals surface area contributed by atoms with Crippen LogP contribution in [0.4, 0.5) is 4.79 Å². The molecule has 0 saturated carbocycles. The fraction of sp³-hybridized carbons (Fsp3) is 0.417. The second-order valence-corrected chi connectivity index (χ2v) is 4.44. The van der Waals surface area contributed by atoms with E-state index < -0.39 is 23.8 Å². The Labute approximate surface area is 115 Å². The standard InChI is InChI=1S/C12H15N5O3/c1-16-10(18)9(11(19)17(2)12(16)20)6-13-4-3-8-5-14-7-15-8/h5-7,9H,3-4H2,1-2H3,(H,14,15). The maximum Gasteiger partial charge on any atom is 0.332 e. The third-order valence-electron chi connectivity index (χ3n) is 3.09. The molecule has 8 heteroatoms. The van der Waals surface area contributed by atoms with Crippen molar-refractivity contribution in [2.75, 3.05) is 20.6 Å². The highest BCUT2D eigenvalue weighted by molar-refractivity contribution is 6.23. The van der Waals surface area contributed by atoms with Gasteiger partial charge in [0, 0.05) is 45.2 Å². The zero-order valence-corrected chi connectivity index (χ0v) is 11.2. The summed E-state index contributed by atoms with van der Waals surface area (Å²) in [5, 5.41) is 0. The fourth-order valence-electron chi connectivity index (χ4n) is 1.85. The summed E-state index contributed by atoms with van der Waals surface area (Å²) < 4.78 is 0. The molecule has 4 amide bonds. The maximum absolute atomic E-state index is 11.9. The van der Waals surface area contributed by atoms with Gasteiger partial charge in [-0.2, -0.15) is 0 Å². The summed E-state index contributed by atoms with van der Waals surface area (Å²) in [4.78, 5) is 48.0. The summed E-state index contributed by atoms with van der Waals surface area (Å²) in [6, 6.07) is -0.623. The molecule has 0 atom stereocenters. The molecule has 2 rings (SSSR count). The average molecular weight is 277 g/mol. The van der Waals surface area contributed by atoms with Gasteiger partial charge in [-0.15, -0.1) is 0 Å². The van der Waals surface area contributed by atoms with E-state index in [1.165, 1.54) is 20.3 Å². The molecule has 0 bridgehead atoms. The van der Waals surface area contributed by atoms with Crippen LogP contribution in [0.1, 0.15) is 5.69 Å². The lowest BCUT2D eigenvalue weighted by atomic mass is 10.1. The maximum atomic E-state index is 11.9. The number of nitrogens with zero attached hydrogens (tertiary/aromatic N) is 4. The van der Waals surface area contributed by atoms with Crippen molar-refractivity contribution in [3.05, 3.63) is 18.2 Å². The summed E-state index contributed by atoms with van der Waals surface area (Å²) >= 11 is 0. The van der Waals surface area contributed by atoms with Gasteiger partial charge in [-0.25, -0.2) is 9.78 Å². The van der Waals surface area contributed by atoms with E-state index in [4.69, 9.17) is 0 Å². The molecule has 1 aliphatic rings. The largest absolute Gasteiger partial charge is 0.348 e. The third-order valence-corrected chi connectivity index (χ3v) is 3.09. The van der Waals surface area contributed by atoms with E-state index in [0.717, 1.165) is 15.5 Å². The minimum Gasteiger partial charge on any atom is -0.348 e. The molecule has 1 aromatic rings. The van der Waals surface area contributed by atoms with Crippen molar-refractivity contribution in [2.24, 2.45) is 10.9 Å². The number of H-pyrrole nitrogens is 1. The number of barbiturate groups is 1. The Balaban J connectivity index is 1.98. The second kappa shape index (κ2) is 5.64. The van der Waals surface area contributed by atoms with Gasteiger partial charge in [0.05, 0.1) is 6.33 Å². The lowest BCUT2D eigenvalue weighted by Gasteiger charge is -2.31. The minimum absolute atomic E-state index is 0.431. The molecule has 106 valence electrons. The van der Waals surface area contributed by atoms with Crippen LogP contribution < -0.4 is 0 Å². The van der Waals surface area contributed by atoms with Crippen LogP contribution in [0.25, 0.3) is 0 Å². The van der Waals surface area contributed by atoms with E-state index in [1.54, 1.807) is 12.5 Å². The van der Waals surface area contributed by atoms with Gasteiger partial charge in [0.1, 0.15) is 0 Å². The summed E-state index contributed by atoms with van der Waals surface area (Å²) in [5.41, 5.74) is 0.924. The number of aliphatic imine (C=N–C) groups is 1. The van der Waals surface area contributed by atoms with Gasteiger partial charge in [-0.1, -0.05) is 0 Å². The molecule has 0 unspecified atom stereocenters. The Morgan fingerprint density at radius 2 is 1.95 bits per heavy atom. The van der Waals surface area contributed by atoms with E-state index in [0.29, 0.717) is 13.0 Å². The third kappa shape index (κ3) is 2.58. The molecule has 1 N–H and O–H groups in total. The number of aromatic amines is 1. The van der Waals surface area contributed by atoms with Crippen molar-refractivity contribution < 1.29 is 14.4 Å². The number of carbonyl (C=O) groups is 3. The molecular weight excluding hydrogens is 262 g/mol. The molecule has 0 spiro atoms. The normalized spacial score (nSPS) is 17.6. The number of imidazole rings is 1. The highest BCUT2D eigenvalue weighted by atomic mass is 16.2. The first kappa shape index (κ1) is 13.9. The van der Waals surface area contributed by atoms with Crippen molar-refractivity contribution >= 4 is 24.1 Å². The molecule has 20 heavy (non-hydrogen) atoms. The van der Waals surface area contributed by atoms with Crippen LogP contribution in [-0.4, -0.2) is 64.5 Å². The first-order valence-electron chi connectivity index (χ1n) is 6.08. The Kier molecular flexibility index (Phi) is 3.92. The van der Waals surface area contributed by atoms with Gasteiger partial charge in [0.2, 0.25) is 11.8 Å². The van der Waals surface area contributed by atoms with Gasteiger partial charge >= 0.3 is 6.03 Å². The predicted molar refractivity (Wildman–Crippen MR) is 70.1 cm³/mol. The van der Waals surface area contributed by atoms with Crippen LogP contribution >= 0.6 is 0 Å². The number of amides is 4. The Bertz CT molecular complexity index is 527. The summed E-state index contributed by atoms with van der Waals surface area (Å²) in [6.07, 6.45) is 5.20. The molecule has 0 aromatic carbocycles. The van der Waals surface area contributed by atoms with Gasteiger partial charge in [0.15, 0.2) is 5.92 Å². The molecule has 1 aromatic heterocycles. The number of hydrogen-bond donors (Lipinski definition) is 1. The van der Waals surface area contributed by atoms with Crippen molar-refractivity contribution in [1.29, 1.82) is 0 Å². The lowest BCUT2D eigenvalue weighted by molar-refractivity contribution is -0.144. The molecule has 2 heterocycles. The number of aromatic nitrogens is 2. The SMILES string of the molecule is CN1C(=O)C(C=NCCc2cnc[nH]2)C(=O)N(C)C1=O. The van der Waals surface area contributed by atoms with Crippen LogP contribution in [0, 0.1) is 5.92 Å². The monoisotopic (exact) mass is 277 g/mol. The summed E-state index contributed by atoms with van der Waals surface area (Å²) in [5.74, 6) is -2.13. The van der Waals surface area contributed by atoms with Crippen molar-refractivity contribution in [1.82, 2.24) is 19.8 Å². The summed E-state index contributed by atoms with van der Waals surface area (Å²) in [6.45, 7) is 0.431. The van der Waals surface area contributed by atoms with Crippen LogP contribution in [0.5, 0.6) is 0 Å². The quantitative estimate of drug-likeness (QED) is 0.602. The molecule has 1 saturated heterocycles. The molecule has 1 aliphatic heterocycles. The molecular formula is C12H15N5O3. The Hall–Kier alpha value is -2.51. The van der Waals surface area contributed by atoms with E-state index in [9.17, 15) is 14.4 Å².